The van der Waals surface area contributed by atoms with E-state index in [-0.39, 0.29) is 44.4 Å². The largest absolute Gasteiger partial charge is 0.484 e. The number of alkyl halides is 3. The molecule has 1 aliphatic heterocycles. The lowest BCUT2D eigenvalue weighted by Crippen LogP contribution is -2.50. The fourth-order valence-electron chi connectivity index (χ4n) is 3.67. The standard InChI is InChI=1S/C23H26F3N3O4/c1-3-16(2)17-4-7-19(8-5-17)33-15-22(30)28-12-10-27(11-13-28)20-9-6-18(23(24,25)26)14-21(20)29(31)32/h4-9,14,16H,3,10-13,15H2,1-2H3/t16-/m0/s1. The molecule has 2 aromatic carbocycles. The Morgan fingerprint density at radius 3 is 2.30 bits per heavy atom. The van der Waals surface area contributed by atoms with Crippen LogP contribution in [0.5, 0.6) is 5.75 Å². The normalized spacial score (nSPS) is 15.3. The molecule has 3 rings (SSSR count). The Morgan fingerprint density at radius 1 is 1.12 bits per heavy atom. The van der Waals surface area contributed by atoms with Gasteiger partial charge in [0.15, 0.2) is 6.61 Å². The third-order valence-electron chi connectivity index (χ3n) is 5.90. The van der Waals surface area contributed by atoms with E-state index in [4.69, 9.17) is 4.74 Å². The summed E-state index contributed by atoms with van der Waals surface area (Å²) in [4.78, 5) is 26.2. The molecular formula is C23H26F3N3O4. The molecule has 1 aliphatic rings. The van der Waals surface area contributed by atoms with Gasteiger partial charge in [-0.3, -0.25) is 14.9 Å². The number of halogens is 3. The van der Waals surface area contributed by atoms with Crippen molar-refractivity contribution >= 4 is 17.3 Å². The summed E-state index contributed by atoms with van der Waals surface area (Å²) < 4.78 is 44.4. The zero-order valence-electron chi connectivity index (χ0n) is 18.5. The van der Waals surface area contributed by atoms with E-state index >= 15 is 0 Å². The molecule has 33 heavy (non-hydrogen) atoms. The SMILES string of the molecule is CC[C@H](C)c1ccc(OCC(=O)N2CCN(c3ccc(C(F)(F)F)cc3[N+](=O)[O-])CC2)cc1. The van der Waals surface area contributed by atoms with Crippen molar-refractivity contribution in [3.8, 4) is 5.75 Å². The summed E-state index contributed by atoms with van der Waals surface area (Å²) in [7, 11) is 0. The van der Waals surface area contributed by atoms with Crippen LogP contribution < -0.4 is 9.64 Å². The lowest BCUT2D eigenvalue weighted by Gasteiger charge is -2.35. The Hall–Kier alpha value is -3.30. The smallest absolute Gasteiger partial charge is 0.416 e. The lowest BCUT2D eigenvalue weighted by atomic mass is 9.99. The molecule has 1 heterocycles. The van der Waals surface area contributed by atoms with Gasteiger partial charge in [-0.15, -0.1) is 0 Å². The van der Waals surface area contributed by atoms with Gasteiger partial charge in [-0.25, -0.2) is 0 Å². The molecule has 7 nitrogen and oxygen atoms in total. The van der Waals surface area contributed by atoms with E-state index in [1.54, 1.807) is 9.80 Å². The van der Waals surface area contributed by atoms with Crippen LogP contribution in [-0.4, -0.2) is 48.5 Å². The second-order valence-corrected chi connectivity index (χ2v) is 7.99. The van der Waals surface area contributed by atoms with E-state index < -0.39 is 22.4 Å². The first-order chi connectivity index (χ1) is 15.6. The van der Waals surface area contributed by atoms with E-state index in [9.17, 15) is 28.1 Å². The molecule has 0 bridgehead atoms. The average Bonchev–Trinajstić information content (AvgIpc) is 2.81. The summed E-state index contributed by atoms with van der Waals surface area (Å²) in [6, 6.07) is 10.1. The minimum atomic E-state index is -4.66. The maximum absolute atomic E-state index is 12.9. The van der Waals surface area contributed by atoms with Gasteiger partial charge in [0.05, 0.1) is 10.5 Å². The van der Waals surface area contributed by atoms with Gasteiger partial charge in [0.25, 0.3) is 11.6 Å². The highest BCUT2D eigenvalue weighted by molar-refractivity contribution is 5.78. The first-order valence-electron chi connectivity index (χ1n) is 10.7. The molecule has 0 saturated carbocycles. The van der Waals surface area contributed by atoms with Crippen molar-refractivity contribution < 1.29 is 27.6 Å². The van der Waals surface area contributed by atoms with Gasteiger partial charge in [0.1, 0.15) is 11.4 Å². The van der Waals surface area contributed by atoms with Gasteiger partial charge in [0.2, 0.25) is 0 Å². The molecule has 10 heteroatoms. The van der Waals surface area contributed by atoms with Crippen molar-refractivity contribution in [2.45, 2.75) is 32.4 Å². The summed E-state index contributed by atoms with van der Waals surface area (Å²) in [6.45, 7) is 5.22. The van der Waals surface area contributed by atoms with Crippen molar-refractivity contribution in [3.63, 3.8) is 0 Å². The van der Waals surface area contributed by atoms with Crippen molar-refractivity contribution in [2.75, 3.05) is 37.7 Å². The quantitative estimate of drug-likeness (QED) is 0.431. The van der Waals surface area contributed by atoms with Crippen LogP contribution in [0.3, 0.4) is 0 Å². The molecule has 178 valence electrons. The van der Waals surface area contributed by atoms with E-state index in [2.05, 4.69) is 13.8 Å². The Kier molecular flexibility index (Phi) is 7.45. The Labute approximate surface area is 189 Å². The van der Waals surface area contributed by atoms with E-state index in [0.29, 0.717) is 17.7 Å². The monoisotopic (exact) mass is 465 g/mol. The first-order valence-corrected chi connectivity index (χ1v) is 10.7. The molecule has 0 aromatic heterocycles. The number of benzene rings is 2. The van der Waals surface area contributed by atoms with Gasteiger partial charge in [-0.1, -0.05) is 26.0 Å². The number of nitrogens with zero attached hydrogens (tertiary/aromatic N) is 3. The van der Waals surface area contributed by atoms with Crippen LogP contribution in [0.25, 0.3) is 0 Å². The summed E-state index contributed by atoms with van der Waals surface area (Å²) in [5, 5.41) is 11.3. The predicted molar refractivity (Wildman–Crippen MR) is 118 cm³/mol. The molecule has 0 aliphatic carbocycles. The van der Waals surface area contributed by atoms with Crippen LogP contribution in [0.1, 0.15) is 37.3 Å². The first kappa shape index (κ1) is 24.3. The van der Waals surface area contributed by atoms with E-state index in [1.165, 1.54) is 5.56 Å². The number of hydrogen-bond acceptors (Lipinski definition) is 5. The number of rotatable bonds is 7. The number of nitro groups is 1. The number of hydrogen-bond donors (Lipinski definition) is 0. The number of carbonyl (C=O) groups excluding carboxylic acids is 1. The molecule has 1 fully saturated rings. The third-order valence-corrected chi connectivity index (χ3v) is 5.90. The van der Waals surface area contributed by atoms with Crippen LogP contribution in [0.15, 0.2) is 42.5 Å². The van der Waals surface area contributed by atoms with Crippen molar-refractivity contribution in [3.05, 3.63) is 63.7 Å². The fourth-order valence-corrected chi connectivity index (χ4v) is 3.67. The summed E-state index contributed by atoms with van der Waals surface area (Å²) in [5.74, 6) is 0.814. The molecule has 0 N–H and O–H groups in total. The lowest BCUT2D eigenvalue weighted by molar-refractivity contribution is -0.384. The number of piperazine rings is 1. The number of carbonyl (C=O) groups is 1. The summed E-state index contributed by atoms with van der Waals surface area (Å²) in [5.41, 5.74) is -0.364. The second kappa shape index (κ2) is 10.1. The molecule has 0 unspecified atom stereocenters. The highest BCUT2D eigenvalue weighted by Gasteiger charge is 2.34. The molecule has 2 aromatic rings. The van der Waals surface area contributed by atoms with Crippen LogP contribution in [0, 0.1) is 10.1 Å². The van der Waals surface area contributed by atoms with Gasteiger partial charge >= 0.3 is 6.18 Å². The fraction of sp³-hybridized carbons (Fsp3) is 0.435. The number of amides is 1. The van der Waals surface area contributed by atoms with E-state index in [0.717, 1.165) is 18.6 Å². The molecule has 0 radical (unpaired) electrons. The summed E-state index contributed by atoms with van der Waals surface area (Å²) >= 11 is 0. The Morgan fingerprint density at radius 2 is 1.76 bits per heavy atom. The zero-order valence-corrected chi connectivity index (χ0v) is 18.5. The molecular weight excluding hydrogens is 439 g/mol. The number of nitro benzene ring substituents is 1. The second-order valence-electron chi connectivity index (χ2n) is 7.99. The molecule has 0 spiro atoms. The Bertz CT molecular complexity index is 987. The van der Waals surface area contributed by atoms with Crippen LogP contribution in [0.2, 0.25) is 0 Å². The van der Waals surface area contributed by atoms with Crippen molar-refractivity contribution in [1.29, 1.82) is 0 Å². The highest BCUT2D eigenvalue weighted by Crippen LogP contribution is 2.36. The number of ether oxygens (including phenoxy) is 1. The minimum absolute atomic E-state index is 0.109. The van der Waals surface area contributed by atoms with Crippen molar-refractivity contribution in [1.82, 2.24) is 4.90 Å². The van der Waals surface area contributed by atoms with Crippen LogP contribution in [-0.2, 0) is 11.0 Å². The van der Waals surface area contributed by atoms with Gasteiger partial charge in [-0.05, 0) is 42.2 Å². The van der Waals surface area contributed by atoms with Crippen LogP contribution >= 0.6 is 0 Å². The molecule has 1 saturated heterocycles. The average molecular weight is 465 g/mol. The van der Waals surface area contributed by atoms with Crippen LogP contribution in [0.4, 0.5) is 24.5 Å². The highest BCUT2D eigenvalue weighted by atomic mass is 19.4. The van der Waals surface area contributed by atoms with E-state index in [1.807, 2.05) is 24.3 Å². The summed E-state index contributed by atoms with van der Waals surface area (Å²) in [6.07, 6.45) is -3.64. The van der Waals surface area contributed by atoms with Gasteiger partial charge < -0.3 is 14.5 Å². The number of anilines is 1. The molecule has 1 atom stereocenters. The molecule has 1 amide bonds. The zero-order chi connectivity index (χ0) is 24.2. The maximum Gasteiger partial charge on any atom is 0.416 e. The predicted octanol–water partition coefficient (Wildman–Crippen LogP) is 4.85. The maximum atomic E-state index is 12.9. The van der Waals surface area contributed by atoms with Gasteiger partial charge in [0, 0.05) is 32.2 Å². The minimum Gasteiger partial charge on any atom is -0.484 e. The van der Waals surface area contributed by atoms with Crippen molar-refractivity contribution in [2.24, 2.45) is 0 Å². The Balaban J connectivity index is 1.57. The third kappa shape index (κ3) is 5.94. The topological polar surface area (TPSA) is 75.9 Å². The van der Waals surface area contributed by atoms with Gasteiger partial charge in [-0.2, -0.15) is 13.2 Å².